The van der Waals surface area contributed by atoms with E-state index in [0.29, 0.717) is 44.5 Å². The molecule has 2 aromatic rings. The van der Waals surface area contributed by atoms with Crippen LogP contribution in [0.2, 0.25) is 0 Å². The highest BCUT2D eigenvalue weighted by Gasteiger charge is 2.28. The highest BCUT2D eigenvalue weighted by Crippen LogP contribution is 2.20. The van der Waals surface area contributed by atoms with Gasteiger partial charge in [0.15, 0.2) is 5.78 Å². The molecule has 19 nitrogen and oxygen atoms in total. The van der Waals surface area contributed by atoms with Gasteiger partial charge < -0.3 is 25.4 Å². The van der Waals surface area contributed by atoms with Crippen LogP contribution in [-0.2, 0) is 62.5 Å². The first-order valence-electron chi connectivity index (χ1n) is 14.7. The molecule has 3 atom stereocenters. The van der Waals surface area contributed by atoms with Crippen molar-refractivity contribution in [3.05, 3.63) is 11.9 Å². The van der Waals surface area contributed by atoms with Gasteiger partial charge in [0.25, 0.3) is 24.2 Å². The molecule has 2 aromatic heterocycles. The van der Waals surface area contributed by atoms with Gasteiger partial charge in [-0.3, -0.25) is 42.7 Å². The van der Waals surface area contributed by atoms with E-state index in [1.807, 2.05) is 6.92 Å². The Bertz CT molecular complexity index is 1340. The fraction of sp³-hybridized carbons (Fsp3) is 0.615. The molecule has 3 amide bonds. The number of ketones is 1. The minimum absolute atomic E-state index is 0.0702. The highest BCUT2D eigenvalue weighted by molar-refractivity contribution is 7.80. The van der Waals surface area contributed by atoms with Crippen molar-refractivity contribution in [1.29, 1.82) is 0 Å². The van der Waals surface area contributed by atoms with Crippen molar-refractivity contribution in [2.24, 2.45) is 5.92 Å². The van der Waals surface area contributed by atoms with Crippen LogP contribution < -0.4 is 20.7 Å². The number of aromatic nitrogens is 5. The molecule has 0 saturated heterocycles. The Morgan fingerprint density at radius 1 is 1.00 bits per heavy atom. The van der Waals surface area contributed by atoms with E-state index in [0.717, 1.165) is 24.2 Å². The standard InChI is InChI=1S/C26H39N9O10S2/c1-2-3-10-27-24(41)18(14-44-16-36)12-21(38)20(15-45-17-37)28-22(39)8-4-5-11-35-13-19(30-34-35)7-6-9-23(40)29-25-31-32-26(46-25)33-47(42)43/h13,16-18,20H,2-12,14-15H2,1H3,(H,27,41)(H,28,39)(H,32,33)(H,42,43)(H,29,31,40)/t18-,20-/m0/s1. The summed E-state index contributed by atoms with van der Waals surface area (Å²) in [4.78, 5) is 71.6. The number of aryl methyl sites for hydroxylation is 2. The molecule has 2 heterocycles. The van der Waals surface area contributed by atoms with Gasteiger partial charge in [0.05, 0.1) is 11.6 Å². The van der Waals surface area contributed by atoms with Crippen LogP contribution >= 0.6 is 11.3 Å². The molecule has 47 heavy (non-hydrogen) atoms. The average Bonchev–Trinajstić information content (AvgIpc) is 3.67. The lowest BCUT2D eigenvalue weighted by molar-refractivity contribution is -0.139. The van der Waals surface area contributed by atoms with Gasteiger partial charge in [0.2, 0.25) is 28.0 Å². The molecule has 0 bridgehead atoms. The summed E-state index contributed by atoms with van der Waals surface area (Å²) in [5, 5.41) is 23.6. The van der Waals surface area contributed by atoms with E-state index in [1.165, 1.54) is 0 Å². The third kappa shape index (κ3) is 16.1. The molecule has 1 unspecified atom stereocenters. The fourth-order valence-corrected chi connectivity index (χ4v) is 5.12. The zero-order valence-electron chi connectivity index (χ0n) is 25.8. The lowest BCUT2D eigenvalue weighted by atomic mass is 9.98. The van der Waals surface area contributed by atoms with Crippen molar-refractivity contribution >= 4 is 69.3 Å². The highest BCUT2D eigenvalue weighted by atomic mass is 32.2. The summed E-state index contributed by atoms with van der Waals surface area (Å²) in [5.74, 6) is -2.74. The summed E-state index contributed by atoms with van der Waals surface area (Å²) in [7, 11) is 0. The summed E-state index contributed by atoms with van der Waals surface area (Å²) in [6.45, 7) is 2.42. The first kappa shape index (κ1) is 38.8. The molecule has 0 aromatic carbocycles. The SMILES string of the molecule is CCCCNC(=O)[C@H](COC=O)CC(=O)[C@H](COC=O)NC(=O)CCCCn1cc(CCCC(=O)Nc2nnc(NS(=O)O)s2)nn1. The van der Waals surface area contributed by atoms with Crippen molar-refractivity contribution in [1.82, 2.24) is 35.8 Å². The maximum Gasteiger partial charge on any atom is 0.293 e. The number of hydrogen-bond acceptors (Lipinski definition) is 14. The number of unbranched alkanes of at least 4 members (excludes halogenated alkanes) is 2. The van der Waals surface area contributed by atoms with Crippen molar-refractivity contribution in [2.75, 3.05) is 29.8 Å². The number of ether oxygens (including phenoxy) is 2. The van der Waals surface area contributed by atoms with Crippen molar-refractivity contribution in [3.8, 4) is 0 Å². The van der Waals surface area contributed by atoms with Gasteiger partial charge in [0.1, 0.15) is 19.3 Å². The molecule has 0 spiro atoms. The van der Waals surface area contributed by atoms with Crippen LogP contribution in [0, 0.1) is 5.92 Å². The maximum absolute atomic E-state index is 12.9. The topological polar surface area (TPSA) is 263 Å². The Morgan fingerprint density at radius 3 is 2.45 bits per heavy atom. The molecular weight excluding hydrogens is 662 g/mol. The van der Waals surface area contributed by atoms with Gasteiger partial charge in [-0.05, 0) is 32.1 Å². The van der Waals surface area contributed by atoms with Crippen molar-refractivity contribution < 1.29 is 47.0 Å². The number of nitrogens with zero attached hydrogens (tertiary/aromatic N) is 5. The van der Waals surface area contributed by atoms with Crippen LogP contribution in [0.4, 0.5) is 10.3 Å². The molecular formula is C26H39N9O10S2. The van der Waals surface area contributed by atoms with Crippen LogP contribution in [0.5, 0.6) is 0 Å². The van der Waals surface area contributed by atoms with E-state index in [2.05, 4.69) is 41.2 Å². The first-order chi connectivity index (χ1) is 22.6. The second kappa shape index (κ2) is 22.2. The van der Waals surface area contributed by atoms with E-state index in [-0.39, 0.29) is 55.0 Å². The molecule has 0 aliphatic heterocycles. The lowest BCUT2D eigenvalue weighted by Crippen LogP contribution is -2.46. The van der Waals surface area contributed by atoms with Gasteiger partial charge in [-0.15, -0.1) is 15.3 Å². The van der Waals surface area contributed by atoms with E-state index < -0.39 is 47.4 Å². The first-order valence-corrected chi connectivity index (χ1v) is 16.7. The summed E-state index contributed by atoms with van der Waals surface area (Å²) in [5.41, 5.74) is 0.677. The number of rotatable bonds is 26. The Balaban J connectivity index is 1.73. The zero-order chi connectivity index (χ0) is 34.4. The molecule has 0 saturated carbocycles. The van der Waals surface area contributed by atoms with Gasteiger partial charge in [-0.2, -0.15) is 0 Å². The number of carbonyl (C=O) groups excluding carboxylic acids is 6. The third-order valence-electron chi connectivity index (χ3n) is 6.38. The van der Waals surface area contributed by atoms with Gasteiger partial charge in [0, 0.05) is 38.5 Å². The van der Waals surface area contributed by atoms with E-state index in [4.69, 9.17) is 14.0 Å². The largest absolute Gasteiger partial charge is 0.467 e. The van der Waals surface area contributed by atoms with E-state index >= 15 is 0 Å². The maximum atomic E-state index is 12.9. The molecule has 21 heteroatoms. The third-order valence-corrected chi connectivity index (χ3v) is 7.63. The molecule has 0 radical (unpaired) electrons. The number of nitrogens with one attached hydrogen (secondary N) is 4. The lowest BCUT2D eigenvalue weighted by Gasteiger charge is -2.20. The number of anilines is 2. The summed E-state index contributed by atoms with van der Waals surface area (Å²) in [6.07, 6.45) is 5.22. The normalized spacial score (nSPS) is 12.6. The molecule has 5 N–H and O–H groups in total. The average molecular weight is 702 g/mol. The Hall–Kier alpha value is -4.37. The zero-order valence-corrected chi connectivity index (χ0v) is 27.4. The fourth-order valence-electron chi connectivity index (χ4n) is 4.04. The van der Waals surface area contributed by atoms with Gasteiger partial charge in [-0.1, -0.05) is 29.9 Å². The number of carbonyl (C=O) groups is 6. The summed E-state index contributed by atoms with van der Waals surface area (Å²) < 4.78 is 32.7. The van der Waals surface area contributed by atoms with Crippen molar-refractivity contribution in [3.63, 3.8) is 0 Å². The predicted molar refractivity (Wildman–Crippen MR) is 167 cm³/mol. The van der Waals surface area contributed by atoms with E-state index in [9.17, 15) is 33.0 Å². The van der Waals surface area contributed by atoms with Crippen LogP contribution in [0.25, 0.3) is 0 Å². The second-order valence-electron chi connectivity index (χ2n) is 10.1. The second-order valence-corrected chi connectivity index (χ2v) is 11.8. The molecule has 2 rings (SSSR count). The predicted octanol–water partition coefficient (Wildman–Crippen LogP) is 0.132. The summed E-state index contributed by atoms with van der Waals surface area (Å²) >= 11 is -1.37. The molecule has 0 aliphatic rings. The number of Topliss-reactive ketones (excluding diaryl/α,β-unsaturated/α-hetero) is 1. The van der Waals surface area contributed by atoms with Crippen LogP contribution in [0.15, 0.2) is 6.20 Å². The van der Waals surface area contributed by atoms with Crippen LogP contribution in [0.3, 0.4) is 0 Å². The molecule has 0 fully saturated rings. The van der Waals surface area contributed by atoms with Crippen LogP contribution in [0.1, 0.15) is 64.0 Å². The molecule has 260 valence electrons. The smallest absolute Gasteiger partial charge is 0.293 e. The Kier molecular flexibility index (Phi) is 18.3. The van der Waals surface area contributed by atoms with E-state index in [1.54, 1.807) is 10.9 Å². The quantitative estimate of drug-likeness (QED) is 0.0496. The van der Waals surface area contributed by atoms with Crippen molar-refractivity contribution in [2.45, 2.75) is 77.3 Å². The Morgan fingerprint density at radius 2 is 1.72 bits per heavy atom. The van der Waals surface area contributed by atoms with Gasteiger partial charge in [-0.25, -0.2) is 4.21 Å². The monoisotopic (exact) mass is 701 g/mol. The number of hydrogen-bond donors (Lipinski definition) is 5. The summed E-state index contributed by atoms with van der Waals surface area (Å²) in [6, 6.07) is -1.18. The molecule has 0 aliphatic carbocycles. The number of amides is 3. The Labute approximate surface area is 276 Å². The minimum atomic E-state index is -2.29. The van der Waals surface area contributed by atoms with Gasteiger partial charge >= 0.3 is 0 Å². The minimum Gasteiger partial charge on any atom is -0.467 e. The van der Waals surface area contributed by atoms with Crippen LogP contribution in [-0.4, -0.2) is 96.2 Å².